The number of nitrogens with one attached hydrogen (secondary N) is 2. The fourth-order valence-electron chi connectivity index (χ4n) is 3.41. The molecule has 0 spiro atoms. The lowest BCUT2D eigenvalue weighted by atomic mass is 10.2. The maximum absolute atomic E-state index is 11.8. The Morgan fingerprint density at radius 2 is 1.97 bits per heavy atom. The molecule has 0 radical (unpaired) electrons. The van der Waals surface area contributed by atoms with Gasteiger partial charge in [-0.1, -0.05) is 25.1 Å². The van der Waals surface area contributed by atoms with Gasteiger partial charge >= 0.3 is 0 Å². The van der Waals surface area contributed by atoms with Crippen molar-refractivity contribution in [2.75, 3.05) is 43.4 Å². The number of aliphatic imine (C=N–C) groups is 1. The smallest absolute Gasteiger partial charge is 0.224 e. The number of carbonyl (C=O) groups excluding carboxylic acids is 1. The Balaban J connectivity index is 1.52. The normalized spacial score (nSPS) is 14.6. The van der Waals surface area contributed by atoms with Gasteiger partial charge in [0.15, 0.2) is 5.96 Å². The number of hydrogen-bond donors (Lipinski definition) is 2. The number of piperazine rings is 1. The predicted octanol–water partition coefficient (Wildman–Crippen LogP) is 2.72. The molecule has 1 aromatic heterocycles. The molecule has 0 unspecified atom stereocenters. The van der Waals surface area contributed by atoms with Crippen molar-refractivity contribution in [3.05, 3.63) is 54.2 Å². The first-order valence-corrected chi connectivity index (χ1v) is 10.2. The lowest BCUT2D eigenvalue weighted by molar-refractivity contribution is -0.116. The van der Waals surface area contributed by atoms with E-state index in [1.54, 1.807) is 0 Å². The van der Waals surface area contributed by atoms with Gasteiger partial charge in [0, 0.05) is 58.1 Å². The predicted molar refractivity (Wildman–Crippen MR) is 118 cm³/mol. The minimum absolute atomic E-state index is 0.0548. The summed E-state index contributed by atoms with van der Waals surface area (Å²) >= 11 is 0. The van der Waals surface area contributed by atoms with Crippen LogP contribution in [0, 0.1) is 0 Å². The standard InChI is InChI=1S/C22H30N6O/c1-3-7-21(29)26-19-9-6-8-18(16-19)17-25-22(23-2)28-14-12-27(13-15-28)20-10-4-5-11-24-20/h4-6,8-11,16H,3,7,12-15,17H2,1-2H3,(H,23,25)(H,26,29). The number of hydrogen-bond acceptors (Lipinski definition) is 4. The van der Waals surface area contributed by atoms with Crippen molar-refractivity contribution in [1.29, 1.82) is 0 Å². The Morgan fingerprint density at radius 3 is 2.66 bits per heavy atom. The molecule has 2 aromatic rings. The first-order valence-electron chi connectivity index (χ1n) is 10.2. The zero-order valence-corrected chi connectivity index (χ0v) is 17.3. The molecule has 0 aliphatic carbocycles. The molecule has 0 atom stereocenters. The monoisotopic (exact) mass is 394 g/mol. The van der Waals surface area contributed by atoms with Gasteiger partial charge in [-0.2, -0.15) is 0 Å². The maximum atomic E-state index is 11.8. The Morgan fingerprint density at radius 1 is 1.14 bits per heavy atom. The van der Waals surface area contributed by atoms with Crippen LogP contribution in [-0.2, 0) is 11.3 Å². The van der Waals surface area contributed by atoms with E-state index in [1.165, 1.54) is 0 Å². The van der Waals surface area contributed by atoms with Crippen LogP contribution in [0.15, 0.2) is 53.7 Å². The summed E-state index contributed by atoms with van der Waals surface area (Å²) < 4.78 is 0. The molecule has 1 aromatic carbocycles. The third-order valence-corrected chi connectivity index (χ3v) is 4.90. The molecule has 1 saturated heterocycles. The average molecular weight is 395 g/mol. The van der Waals surface area contributed by atoms with Crippen LogP contribution in [-0.4, -0.2) is 55.0 Å². The Kier molecular flexibility index (Phi) is 7.44. The Labute approximate surface area is 172 Å². The number of guanidine groups is 1. The lowest BCUT2D eigenvalue weighted by Crippen LogP contribution is -2.52. The van der Waals surface area contributed by atoms with Gasteiger partial charge in [0.05, 0.1) is 0 Å². The van der Waals surface area contributed by atoms with E-state index in [0.29, 0.717) is 13.0 Å². The van der Waals surface area contributed by atoms with E-state index in [0.717, 1.165) is 55.6 Å². The summed E-state index contributed by atoms with van der Waals surface area (Å²) in [6.07, 6.45) is 3.22. The van der Waals surface area contributed by atoms with Crippen molar-refractivity contribution in [3.63, 3.8) is 0 Å². The van der Waals surface area contributed by atoms with Gasteiger partial charge < -0.3 is 20.4 Å². The van der Waals surface area contributed by atoms with Gasteiger partial charge in [-0.25, -0.2) is 4.98 Å². The van der Waals surface area contributed by atoms with Crippen LogP contribution >= 0.6 is 0 Å². The van der Waals surface area contributed by atoms with Crippen LogP contribution in [0.2, 0.25) is 0 Å². The fourth-order valence-corrected chi connectivity index (χ4v) is 3.41. The topological polar surface area (TPSA) is 72.9 Å². The number of rotatable bonds is 6. The van der Waals surface area contributed by atoms with Crippen molar-refractivity contribution >= 4 is 23.4 Å². The van der Waals surface area contributed by atoms with Crippen LogP contribution in [0.25, 0.3) is 0 Å². The summed E-state index contributed by atoms with van der Waals surface area (Å²) in [7, 11) is 1.81. The Bertz CT molecular complexity index is 815. The van der Waals surface area contributed by atoms with Gasteiger partial charge in [-0.05, 0) is 36.2 Å². The van der Waals surface area contributed by atoms with E-state index in [-0.39, 0.29) is 5.91 Å². The van der Waals surface area contributed by atoms with Crippen LogP contribution < -0.4 is 15.5 Å². The van der Waals surface area contributed by atoms with E-state index in [1.807, 2.05) is 50.5 Å². The van der Waals surface area contributed by atoms with Gasteiger partial charge in [-0.15, -0.1) is 0 Å². The van der Waals surface area contributed by atoms with Gasteiger partial charge in [0.25, 0.3) is 0 Å². The van der Waals surface area contributed by atoms with E-state index in [2.05, 4.69) is 42.5 Å². The summed E-state index contributed by atoms with van der Waals surface area (Å²) in [6, 6.07) is 14.0. The second-order valence-electron chi connectivity index (χ2n) is 7.06. The van der Waals surface area contributed by atoms with Crippen molar-refractivity contribution in [3.8, 4) is 0 Å². The van der Waals surface area contributed by atoms with E-state index in [9.17, 15) is 4.79 Å². The summed E-state index contributed by atoms with van der Waals surface area (Å²) in [4.78, 5) is 25.3. The van der Waals surface area contributed by atoms with E-state index < -0.39 is 0 Å². The van der Waals surface area contributed by atoms with Crippen LogP contribution in [0.1, 0.15) is 25.3 Å². The minimum atomic E-state index is 0.0548. The summed E-state index contributed by atoms with van der Waals surface area (Å²) in [5.41, 5.74) is 1.94. The highest BCUT2D eigenvalue weighted by Crippen LogP contribution is 2.14. The van der Waals surface area contributed by atoms with Crippen molar-refractivity contribution in [2.24, 2.45) is 4.99 Å². The van der Waals surface area contributed by atoms with Gasteiger partial charge in [0.2, 0.25) is 5.91 Å². The van der Waals surface area contributed by atoms with Crippen molar-refractivity contribution in [1.82, 2.24) is 15.2 Å². The van der Waals surface area contributed by atoms with E-state index >= 15 is 0 Å². The molecule has 0 bridgehead atoms. The van der Waals surface area contributed by atoms with Crippen LogP contribution in [0.3, 0.4) is 0 Å². The highest BCUT2D eigenvalue weighted by Gasteiger charge is 2.20. The zero-order valence-electron chi connectivity index (χ0n) is 17.3. The lowest BCUT2D eigenvalue weighted by Gasteiger charge is -2.37. The number of pyridine rings is 1. The fraction of sp³-hybridized carbons (Fsp3) is 0.409. The Hall–Kier alpha value is -3.09. The molecule has 1 aliphatic heterocycles. The molecule has 0 saturated carbocycles. The number of carbonyl (C=O) groups is 1. The molecule has 7 nitrogen and oxygen atoms in total. The molecule has 7 heteroatoms. The molecule has 2 N–H and O–H groups in total. The van der Waals surface area contributed by atoms with Gasteiger partial charge in [-0.3, -0.25) is 9.79 Å². The second-order valence-corrected chi connectivity index (χ2v) is 7.06. The largest absolute Gasteiger partial charge is 0.353 e. The zero-order chi connectivity index (χ0) is 20.5. The first-order chi connectivity index (χ1) is 14.2. The second kappa shape index (κ2) is 10.5. The number of benzene rings is 1. The number of aromatic nitrogens is 1. The number of nitrogens with zero attached hydrogens (tertiary/aromatic N) is 4. The molecule has 1 aliphatic rings. The molecule has 1 amide bonds. The molecule has 154 valence electrons. The third-order valence-electron chi connectivity index (χ3n) is 4.90. The summed E-state index contributed by atoms with van der Waals surface area (Å²) in [5, 5.41) is 6.39. The summed E-state index contributed by atoms with van der Waals surface area (Å²) in [6.45, 7) is 6.27. The van der Waals surface area contributed by atoms with Crippen molar-refractivity contribution in [2.45, 2.75) is 26.3 Å². The molecule has 2 heterocycles. The molecule has 29 heavy (non-hydrogen) atoms. The van der Waals surface area contributed by atoms with Crippen LogP contribution in [0.4, 0.5) is 11.5 Å². The minimum Gasteiger partial charge on any atom is -0.353 e. The quantitative estimate of drug-likeness (QED) is 0.582. The van der Waals surface area contributed by atoms with E-state index in [4.69, 9.17) is 0 Å². The number of anilines is 2. The average Bonchev–Trinajstić information content (AvgIpc) is 2.76. The SMILES string of the molecule is CCCC(=O)Nc1cccc(CNC(=NC)N2CCN(c3ccccn3)CC2)c1. The first kappa shape index (κ1) is 20.6. The highest BCUT2D eigenvalue weighted by molar-refractivity contribution is 5.90. The van der Waals surface area contributed by atoms with Crippen LogP contribution in [0.5, 0.6) is 0 Å². The number of amides is 1. The summed E-state index contributed by atoms with van der Waals surface area (Å²) in [5.74, 6) is 1.97. The molecule has 1 fully saturated rings. The highest BCUT2D eigenvalue weighted by atomic mass is 16.1. The molecular formula is C22H30N6O. The van der Waals surface area contributed by atoms with Gasteiger partial charge in [0.1, 0.15) is 5.82 Å². The third kappa shape index (κ3) is 5.94. The maximum Gasteiger partial charge on any atom is 0.224 e. The van der Waals surface area contributed by atoms with Crippen molar-refractivity contribution < 1.29 is 4.79 Å². The molecule has 3 rings (SSSR count). The molecular weight excluding hydrogens is 364 g/mol.